The van der Waals surface area contributed by atoms with Gasteiger partial charge < -0.3 is 15.6 Å². The van der Waals surface area contributed by atoms with Crippen LogP contribution in [0.25, 0.3) is 0 Å². The Morgan fingerprint density at radius 1 is 1.47 bits per heavy atom. The second kappa shape index (κ2) is 4.47. The first kappa shape index (κ1) is 12.1. The molecule has 0 bridgehead atoms. The van der Waals surface area contributed by atoms with Crippen molar-refractivity contribution in [2.45, 2.75) is 24.8 Å². The molecular weight excluding hydrogens is 218 g/mol. The second-order valence-corrected chi connectivity index (χ2v) is 4.64. The normalized spacial score (nSPS) is 25.8. The molecule has 0 saturated carbocycles. The molecular formula is C13H17NO3. The minimum atomic E-state index is -0.815. The van der Waals surface area contributed by atoms with Crippen LogP contribution in [0.1, 0.15) is 30.4 Å². The topological polar surface area (TPSA) is 72.5 Å². The van der Waals surface area contributed by atoms with Crippen molar-refractivity contribution in [2.75, 3.05) is 13.2 Å². The van der Waals surface area contributed by atoms with Crippen LogP contribution >= 0.6 is 0 Å². The molecule has 0 aromatic heterocycles. The summed E-state index contributed by atoms with van der Waals surface area (Å²) in [7, 11) is 0. The van der Waals surface area contributed by atoms with Crippen LogP contribution < -0.4 is 5.73 Å². The van der Waals surface area contributed by atoms with Crippen LogP contribution in [0.2, 0.25) is 0 Å². The molecule has 92 valence electrons. The second-order valence-electron chi connectivity index (χ2n) is 4.64. The molecule has 1 aromatic rings. The molecule has 1 aliphatic heterocycles. The molecule has 0 spiro atoms. The average molecular weight is 235 g/mol. The number of carbonyl (C=O) groups is 1. The van der Waals surface area contributed by atoms with E-state index in [0.29, 0.717) is 13.2 Å². The monoisotopic (exact) mass is 235 g/mol. The zero-order valence-corrected chi connectivity index (χ0v) is 9.85. The summed E-state index contributed by atoms with van der Waals surface area (Å²) >= 11 is 0. The summed E-state index contributed by atoms with van der Waals surface area (Å²) in [5.74, 6) is -1.30. The van der Waals surface area contributed by atoms with E-state index >= 15 is 0 Å². The van der Waals surface area contributed by atoms with E-state index in [4.69, 9.17) is 15.6 Å². The molecule has 1 saturated heterocycles. The van der Waals surface area contributed by atoms with Gasteiger partial charge in [-0.15, -0.1) is 0 Å². The maximum atomic E-state index is 10.9. The smallest absolute Gasteiger partial charge is 0.310 e. The van der Waals surface area contributed by atoms with Gasteiger partial charge in [0.2, 0.25) is 0 Å². The molecule has 3 N–H and O–H groups in total. The predicted octanol–water partition coefficient (Wildman–Crippen LogP) is 1.45. The Morgan fingerprint density at radius 3 is 2.59 bits per heavy atom. The quantitative estimate of drug-likeness (QED) is 0.831. The highest BCUT2D eigenvalue weighted by Crippen LogP contribution is 2.28. The van der Waals surface area contributed by atoms with Gasteiger partial charge in [0.15, 0.2) is 0 Å². The van der Waals surface area contributed by atoms with Gasteiger partial charge in [-0.05, 0) is 24.5 Å². The van der Waals surface area contributed by atoms with Gasteiger partial charge in [-0.1, -0.05) is 24.3 Å². The summed E-state index contributed by atoms with van der Waals surface area (Å²) < 4.78 is 5.31. The lowest BCUT2D eigenvalue weighted by Gasteiger charge is -2.22. The van der Waals surface area contributed by atoms with E-state index < -0.39 is 17.4 Å². The molecule has 2 atom stereocenters. The van der Waals surface area contributed by atoms with Crippen molar-refractivity contribution < 1.29 is 14.6 Å². The Balaban J connectivity index is 2.21. The number of rotatable bonds is 3. The SMILES string of the molecule is CC(C(=O)O)c1ccc(C2(N)CCOC2)cc1. The Labute approximate surface area is 100 Å². The van der Waals surface area contributed by atoms with Gasteiger partial charge in [0.05, 0.1) is 18.1 Å². The van der Waals surface area contributed by atoms with Gasteiger partial charge in [0, 0.05) is 6.61 Å². The number of aliphatic carboxylic acids is 1. The fourth-order valence-electron chi connectivity index (χ4n) is 2.05. The fraction of sp³-hybridized carbons (Fsp3) is 0.462. The summed E-state index contributed by atoms with van der Waals surface area (Å²) in [6.45, 7) is 2.89. The predicted molar refractivity (Wildman–Crippen MR) is 63.8 cm³/mol. The number of hydrogen-bond donors (Lipinski definition) is 2. The first-order chi connectivity index (χ1) is 8.03. The van der Waals surface area contributed by atoms with Crippen molar-refractivity contribution in [1.82, 2.24) is 0 Å². The summed E-state index contributed by atoms with van der Waals surface area (Å²) in [6.07, 6.45) is 0.806. The maximum Gasteiger partial charge on any atom is 0.310 e. The molecule has 2 rings (SSSR count). The summed E-state index contributed by atoms with van der Waals surface area (Å²) in [4.78, 5) is 10.9. The Kier molecular flexibility index (Phi) is 3.17. The Morgan fingerprint density at radius 2 is 2.12 bits per heavy atom. The van der Waals surface area contributed by atoms with Crippen LogP contribution in [0.15, 0.2) is 24.3 Å². The molecule has 1 aliphatic rings. The molecule has 17 heavy (non-hydrogen) atoms. The van der Waals surface area contributed by atoms with Crippen LogP contribution in [-0.4, -0.2) is 24.3 Å². The third-order valence-corrected chi connectivity index (χ3v) is 3.41. The van der Waals surface area contributed by atoms with Gasteiger partial charge in [0.1, 0.15) is 0 Å². The van der Waals surface area contributed by atoms with Gasteiger partial charge in [-0.25, -0.2) is 0 Å². The fourth-order valence-corrected chi connectivity index (χ4v) is 2.05. The number of hydrogen-bond acceptors (Lipinski definition) is 3. The molecule has 1 aromatic carbocycles. The van der Waals surface area contributed by atoms with Crippen molar-refractivity contribution in [3.05, 3.63) is 35.4 Å². The lowest BCUT2D eigenvalue weighted by Crippen LogP contribution is -2.36. The summed E-state index contributed by atoms with van der Waals surface area (Å²) in [6, 6.07) is 7.48. The molecule has 1 fully saturated rings. The standard InChI is InChI=1S/C13H17NO3/c1-9(12(15)16)10-2-4-11(5-3-10)13(14)6-7-17-8-13/h2-5,9H,6-8,14H2,1H3,(H,15,16). The number of nitrogens with two attached hydrogens (primary N) is 1. The highest BCUT2D eigenvalue weighted by atomic mass is 16.5. The van der Waals surface area contributed by atoms with E-state index in [2.05, 4.69) is 0 Å². The molecule has 1 heterocycles. The zero-order valence-electron chi connectivity index (χ0n) is 9.85. The molecule has 0 aliphatic carbocycles. The van der Waals surface area contributed by atoms with Crippen molar-refractivity contribution in [2.24, 2.45) is 5.73 Å². The van der Waals surface area contributed by atoms with Crippen molar-refractivity contribution in [3.8, 4) is 0 Å². The van der Waals surface area contributed by atoms with E-state index in [1.54, 1.807) is 6.92 Å². The Bertz CT molecular complexity index is 407. The third kappa shape index (κ3) is 2.33. The average Bonchev–Trinajstić information content (AvgIpc) is 2.76. The highest BCUT2D eigenvalue weighted by molar-refractivity contribution is 5.75. The van der Waals surface area contributed by atoms with Gasteiger partial charge in [-0.2, -0.15) is 0 Å². The van der Waals surface area contributed by atoms with E-state index in [0.717, 1.165) is 17.5 Å². The summed E-state index contributed by atoms with van der Waals surface area (Å²) in [5.41, 5.74) is 7.62. The highest BCUT2D eigenvalue weighted by Gasteiger charge is 2.32. The zero-order chi connectivity index (χ0) is 12.5. The molecule has 2 unspecified atom stereocenters. The number of benzene rings is 1. The van der Waals surface area contributed by atoms with E-state index in [1.165, 1.54) is 0 Å². The number of carboxylic acids is 1. The Hall–Kier alpha value is -1.39. The lowest BCUT2D eigenvalue weighted by molar-refractivity contribution is -0.138. The van der Waals surface area contributed by atoms with Crippen molar-refractivity contribution in [3.63, 3.8) is 0 Å². The van der Waals surface area contributed by atoms with Gasteiger partial charge >= 0.3 is 5.97 Å². The number of ether oxygens (including phenoxy) is 1. The van der Waals surface area contributed by atoms with Crippen molar-refractivity contribution >= 4 is 5.97 Å². The lowest BCUT2D eigenvalue weighted by atomic mass is 9.88. The minimum absolute atomic E-state index is 0.412. The van der Waals surface area contributed by atoms with Crippen LogP contribution in [0, 0.1) is 0 Å². The van der Waals surface area contributed by atoms with Crippen LogP contribution in [-0.2, 0) is 15.1 Å². The van der Waals surface area contributed by atoms with Gasteiger partial charge in [-0.3, -0.25) is 4.79 Å². The van der Waals surface area contributed by atoms with Crippen molar-refractivity contribution in [1.29, 1.82) is 0 Å². The molecule has 0 radical (unpaired) electrons. The van der Waals surface area contributed by atoms with Crippen LogP contribution in [0.3, 0.4) is 0 Å². The molecule has 0 amide bonds. The van der Waals surface area contributed by atoms with E-state index in [1.807, 2.05) is 24.3 Å². The van der Waals surface area contributed by atoms with E-state index in [9.17, 15) is 4.79 Å². The molecule has 4 nitrogen and oxygen atoms in total. The first-order valence-electron chi connectivity index (χ1n) is 5.73. The number of carboxylic acid groups (broad SMARTS) is 1. The summed E-state index contributed by atoms with van der Waals surface area (Å²) in [5, 5.41) is 8.92. The molecule has 4 heteroatoms. The van der Waals surface area contributed by atoms with Crippen LogP contribution in [0.5, 0.6) is 0 Å². The first-order valence-corrected chi connectivity index (χ1v) is 5.73. The van der Waals surface area contributed by atoms with Gasteiger partial charge in [0.25, 0.3) is 0 Å². The largest absolute Gasteiger partial charge is 0.481 e. The van der Waals surface area contributed by atoms with Crippen LogP contribution in [0.4, 0.5) is 0 Å². The van der Waals surface area contributed by atoms with E-state index in [-0.39, 0.29) is 0 Å². The third-order valence-electron chi connectivity index (χ3n) is 3.41. The minimum Gasteiger partial charge on any atom is -0.481 e. The maximum absolute atomic E-state index is 10.9.